The van der Waals surface area contributed by atoms with E-state index in [0.717, 1.165) is 22.4 Å². The lowest BCUT2D eigenvalue weighted by molar-refractivity contribution is 0.626. The van der Waals surface area contributed by atoms with Gasteiger partial charge < -0.3 is 4.57 Å². The van der Waals surface area contributed by atoms with E-state index in [0.29, 0.717) is 12.3 Å². The number of rotatable bonds is 3. The van der Waals surface area contributed by atoms with Gasteiger partial charge in [0.15, 0.2) is 0 Å². The van der Waals surface area contributed by atoms with Crippen LogP contribution in [0.1, 0.15) is 17.0 Å². The molecule has 0 spiro atoms. The maximum Gasteiger partial charge on any atom is 0.123 e. The average Bonchev–Trinajstić information content (AvgIpc) is 2.78. The molecule has 0 unspecified atom stereocenters. The Morgan fingerprint density at radius 1 is 1.15 bits per heavy atom. The van der Waals surface area contributed by atoms with Crippen molar-refractivity contribution in [3.8, 4) is 0 Å². The van der Waals surface area contributed by atoms with Crippen LogP contribution < -0.4 is 0 Å². The highest BCUT2D eigenvalue weighted by Crippen LogP contribution is 2.20. The van der Waals surface area contributed by atoms with E-state index in [-0.39, 0.29) is 5.82 Å². The molecule has 0 fully saturated rings. The molecule has 0 saturated heterocycles. The molecule has 0 N–H and O–H groups in total. The summed E-state index contributed by atoms with van der Waals surface area (Å²) in [4.78, 5) is 4.62. The number of nitrogens with zero attached hydrogens (tertiary/aromatic N) is 2. The van der Waals surface area contributed by atoms with Crippen molar-refractivity contribution in [3.63, 3.8) is 0 Å². The van der Waals surface area contributed by atoms with Gasteiger partial charge in [0.25, 0.3) is 0 Å². The third-order valence-corrected chi connectivity index (χ3v) is 3.66. The fourth-order valence-electron chi connectivity index (χ4n) is 2.36. The summed E-state index contributed by atoms with van der Waals surface area (Å²) < 4.78 is 15.1. The Bertz CT molecular complexity index is 747. The zero-order valence-electron chi connectivity index (χ0n) is 11.2. The molecule has 0 amide bonds. The third-order valence-electron chi connectivity index (χ3n) is 3.38. The number of hydrogen-bond acceptors (Lipinski definition) is 2. The van der Waals surface area contributed by atoms with Crippen molar-refractivity contribution in [2.75, 3.05) is 0 Å². The summed E-state index contributed by atoms with van der Waals surface area (Å²) in [6.07, 6.45) is 0. The Balaban J connectivity index is 2.07. The Hall–Kier alpha value is -1.81. The Labute approximate surface area is 122 Å². The van der Waals surface area contributed by atoms with Crippen LogP contribution in [-0.4, -0.2) is 9.55 Å². The van der Waals surface area contributed by atoms with E-state index in [9.17, 15) is 4.39 Å². The molecule has 1 heterocycles. The lowest BCUT2D eigenvalue weighted by atomic mass is 10.2. The minimum atomic E-state index is -0.214. The first kappa shape index (κ1) is 13.2. The van der Waals surface area contributed by atoms with Crippen LogP contribution in [0.2, 0.25) is 0 Å². The van der Waals surface area contributed by atoms with Crippen LogP contribution in [0.3, 0.4) is 0 Å². The summed E-state index contributed by atoms with van der Waals surface area (Å²) in [6, 6.07) is 12.8. The van der Waals surface area contributed by atoms with Crippen LogP contribution in [0.4, 0.5) is 4.39 Å². The van der Waals surface area contributed by atoms with Crippen molar-refractivity contribution in [2.24, 2.45) is 0 Å². The van der Waals surface area contributed by atoms with E-state index in [1.54, 1.807) is 12.1 Å². The standard InChI is InChI=1S/C16H15FN2S/c1-11-2-7-15-14(8-11)18-16(10-20)19(15)9-12-3-5-13(17)6-4-12/h2-8,20H,9-10H2,1H3. The Morgan fingerprint density at radius 2 is 1.90 bits per heavy atom. The highest BCUT2D eigenvalue weighted by molar-refractivity contribution is 7.79. The van der Waals surface area contributed by atoms with Gasteiger partial charge in [-0.05, 0) is 42.3 Å². The van der Waals surface area contributed by atoms with Crippen LogP contribution in [0.15, 0.2) is 42.5 Å². The summed E-state index contributed by atoms with van der Waals surface area (Å²) in [6.45, 7) is 2.73. The van der Waals surface area contributed by atoms with Crippen LogP contribution in [0.25, 0.3) is 11.0 Å². The number of fused-ring (bicyclic) bond motifs is 1. The minimum absolute atomic E-state index is 0.214. The van der Waals surface area contributed by atoms with E-state index in [4.69, 9.17) is 0 Å². The van der Waals surface area contributed by atoms with Crippen molar-refractivity contribution in [1.29, 1.82) is 0 Å². The highest BCUT2D eigenvalue weighted by atomic mass is 32.1. The summed E-state index contributed by atoms with van der Waals surface area (Å²) in [5.41, 5.74) is 4.31. The molecule has 0 radical (unpaired) electrons. The number of aryl methyl sites for hydroxylation is 1. The second-order valence-corrected chi connectivity index (χ2v) is 5.21. The first-order chi connectivity index (χ1) is 9.67. The van der Waals surface area contributed by atoms with Crippen LogP contribution >= 0.6 is 12.6 Å². The number of hydrogen-bond donors (Lipinski definition) is 1. The highest BCUT2D eigenvalue weighted by Gasteiger charge is 2.10. The molecular formula is C16H15FN2S. The molecule has 2 nitrogen and oxygen atoms in total. The summed E-state index contributed by atoms with van der Waals surface area (Å²) in [7, 11) is 0. The van der Waals surface area contributed by atoms with Gasteiger partial charge in [0.2, 0.25) is 0 Å². The fourth-order valence-corrected chi connectivity index (χ4v) is 2.60. The predicted octanol–water partition coefficient (Wildman–Crippen LogP) is 3.96. The zero-order chi connectivity index (χ0) is 14.1. The van der Waals surface area contributed by atoms with E-state index >= 15 is 0 Å². The van der Waals surface area contributed by atoms with E-state index in [1.165, 1.54) is 17.7 Å². The third kappa shape index (κ3) is 2.43. The van der Waals surface area contributed by atoms with Gasteiger partial charge in [0.1, 0.15) is 11.6 Å². The molecule has 4 heteroatoms. The molecule has 3 rings (SSSR count). The van der Waals surface area contributed by atoms with Crippen molar-refractivity contribution in [1.82, 2.24) is 9.55 Å². The van der Waals surface area contributed by atoms with Gasteiger partial charge in [-0.2, -0.15) is 12.6 Å². The number of imidazole rings is 1. The molecule has 3 aromatic rings. The summed E-state index contributed by atoms with van der Waals surface area (Å²) >= 11 is 4.36. The maximum atomic E-state index is 13.0. The molecule has 2 aromatic carbocycles. The Kier molecular flexibility index (Phi) is 3.49. The van der Waals surface area contributed by atoms with Crippen LogP contribution in [-0.2, 0) is 12.3 Å². The topological polar surface area (TPSA) is 17.8 Å². The SMILES string of the molecule is Cc1ccc2c(c1)nc(CS)n2Cc1ccc(F)cc1. The van der Waals surface area contributed by atoms with Gasteiger partial charge in [0, 0.05) is 12.3 Å². The first-order valence-electron chi connectivity index (χ1n) is 6.48. The molecule has 20 heavy (non-hydrogen) atoms. The van der Waals surface area contributed by atoms with Gasteiger partial charge in [0.05, 0.1) is 11.0 Å². The molecule has 0 bridgehead atoms. The van der Waals surface area contributed by atoms with E-state index in [1.807, 2.05) is 0 Å². The lowest BCUT2D eigenvalue weighted by Crippen LogP contribution is -2.03. The molecular weight excluding hydrogens is 271 g/mol. The number of halogens is 1. The second-order valence-electron chi connectivity index (χ2n) is 4.89. The minimum Gasteiger partial charge on any atom is -0.323 e. The summed E-state index contributed by atoms with van der Waals surface area (Å²) in [5, 5.41) is 0. The molecule has 0 atom stereocenters. The average molecular weight is 286 g/mol. The molecule has 0 saturated carbocycles. The lowest BCUT2D eigenvalue weighted by Gasteiger charge is -2.08. The smallest absolute Gasteiger partial charge is 0.123 e. The number of thiol groups is 1. The molecule has 0 aliphatic heterocycles. The van der Waals surface area contributed by atoms with Crippen LogP contribution in [0.5, 0.6) is 0 Å². The number of benzene rings is 2. The van der Waals surface area contributed by atoms with E-state index in [2.05, 4.69) is 47.3 Å². The second kappa shape index (κ2) is 5.29. The van der Waals surface area contributed by atoms with Crippen molar-refractivity contribution < 1.29 is 4.39 Å². The predicted molar refractivity (Wildman–Crippen MR) is 82.7 cm³/mol. The Morgan fingerprint density at radius 3 is 2.60 bits per heavy atom. The molecule has 102 valence electrons. The molecule has 1 aromatic heterocycles. The van der Waals surface area contributed by atoms with Crippen molar-refractivity contribution in [2.45, 2.75) is 19.2 Å². The molecule has 0 aliphatic carbocycles. The number of aromatic nitrogens is 2. The van der Waals surface area contributed by atoms with E-state index < -0.39 is 0 Å². The van der Waals surface area contributed by atoms with Gasteiger partial charge in [-0.1, -0.05) is 18.2 Å². The largest absolute Gasteiger partial charge is 0.323 e. The van der Waals surface area contributed by atoms with Gasteiger partial charge in [-0.25, -0.2) is 9.37 Å². The van der Waals surface area contributed by atoms with Crippen LogP contribution in [0, 0.1) is 12.7 Å². The van der Waals surface area contributed by atoms with Crippen molar-refractivity contribution in [3.05, 3.63) is 65.2 Å². The molecule has 0 aliphatic rings. The quantitative estimate of drug-likeness (QED) is 0.721. The van der Waals surface area contributed by atoms with Gasteiger partial charge >= 0.3 is 0 Å². The normalized spacial score (nSPS) is 11.2. The van der Waals surface area contributed by atoms with Gasteiger partial charge in [-0.15, -0.1) is 0 Å². The first-order valence-corrected chi connectivity index (χ1v) is 7.11. The zero-order valence-corrected chi connectivity index (χ0v) is 12.1. The summed E-state index contributed by atoms with van der Waals surface area (Å²) in [5.74, 6) is 1.29. The van der Waals surface area contributed by atoms with Crippen molar-refractivity contribution >= 4 is 23.7 Å². The monoisotopic (exact) mass is 286 g/mol. The fraction of sp³-hybridized carbons (Fsp3) is 0.188. The maximum absolute atomic E-state index is 13.0. The van der Waals surface area contributed by atoms with Gasteiger partial charge in [-0.3, -0.25) is 0 Å².